The summed E-state index contributed by atoms with van der Waals surface area (Å²) in [5, 5.41) is 16.5. The molecule has 6 nitrogen and oxygen atoms in total. The van der Waals surface area contributed by atoms with Crippen LogP contribution >= 0.6 is 0 Å². The number of hydrogen-bond acceptors (Lipinski definition) is 5. The topological polar surface area (TPSA) is 77.5 Å². The van der Waals surface area contributed by atoms with Gasteiger partial charge in [0, 0.05) is 41.8 Å². The molecule has 162 valence electrons. The van der Waals surface area contributed by atoms with Gasteiger partial charge >= 0.3 is 0 Å². The molecule has 4 rings (SSSR count). The van der Waals surface area contributed by atoms with Gasteiger partial charge in [0.1, 0.15) is 0 Å². The molecule has 1 fully saturated rings. The lowest BCUT2D eigenvalue weighted by Crippen LogP contribution is -2.42. The molecule has 0 radical (unpaired) electrons. The number of aromatic nitrogens is 1. The second-order valence-corrected chi connectivity index (χ2v) is 7.74. The van der Waals surface area contributed by atoms with Crippen LogP contribution in [0.5, 0.6) is 0 Å². The summed E-state index contributed by atoms with van der Waals surface area (Å²) in [4.78, 5) is 18.8. The average Bonchev–Trinajstić information content (AvgIpc) is 2.77. The lowest BCUT2D eigenvalue weighted by atomic mass is 10.0. The quantitative estimate of drug-likeness (QED) is 0.562. The molecule has 1 aromatic heterocycles. The first-order valence-corrected chi connectivity index (χ1v) is 10.2. The van der Waals surface area contributed by atoms with E-state index in [0.717, 1.165) is 35.9 Å². The number of likely N-dealkylation sites (tertiary alicyclic amines) is 1. The molecule has 2 aromatic carbocycles. The van der Waals surface area contributed by atoms with E-state index in [0.29, 0.717) is 30.0 Å². The number of para-hydroxylation sites is 1. The highest BCUT2D eigenvalue weighted by Crippen LogP contribution is 2.24. The van der Waals surface area contributed by atoms with Crippen molar-refractivity contribution < 1.29 is 18.7 Å². The van der Waals surface area contributed by atoms with Gasteiger partial charge in [0.2, 0.25) is 5.91 Å². The third-order valence-electron chi connectivity index (χ3n) is 5.51. The zero-order valence-corrected chi connectivity index (χ0v) is 16.9. The van der Waals surface area contributed by atoms with Gasteiger partial charge < -0.3 is 15.7 Å². The van der Waals surface area contributed by atoms with Crippen LogP contribution in [0.2, 0.25) is 0 Å². The Labute approximate surface area is 178 Å². The summed E-state index contributed by atoms with van der Waals surface area (Å²) in [6, 6.07) is 11.8. The highest BCUT2D eigenvalue weighted by Gasteiger charge is 2.22. The maximum Gasteiger partial charge on any atom is 0.238 e. The number of amides is 1. The summed E-state index contributed by atoms with van der Waals surface area (Å²) in [6.45, 7) is 1.28. The van der Waals surface area contributed by atoms with Gasteiger partial charge in [-0.05, 0) is 31.0 Å². The standard InChI is InChI=1S/C23H24F2N4O2/c24-19-10-16(14-30)22(11-20(19)25)27-17-5-7-29(8-6-17)13-23(31)28-18-9-15-3-1-2-4-21(15)26-12-18/h1-4,9-12,17,27,30H,5-8,13-14H2,(H,28,31). The van der Waals surface area contributed by atoms with Crippen molar-refractivity contribution in [2.24, 2.45) is 0 Å². The molecule has 0 saturated carbocycles. The molecular weight excluding hydrogens is 402 g/mol. The number of hydrogen-bond donors (Lipinski definition) is 3. The molecule has 0 aliphatic carbocycles. The van der Waals surface area contributed by atoms with E-state index >= 15 is 0 Å². The van der Waals surface area contributed by atoms with E-state index in [1.54, 1.807) is 6.20 Å². The van der Waals surface area contributed by atoms with Crippen molar-refractivity contribution in [1.82, 2.24) is 9.88 Å². The lowest BCUT2D eigenvalue weighted by molar-refractivity contribution is -0.117. The van der Waals surface area contributed by atoms with Crippen LogP contribution < -0.4 is 10.6 Å². The normalized spacial score (nSPS) is 15.2. The van der Waals surface area contributed by atoms with Gasteiger partial charge in [-0.2, -0.15) is 0 Å². The maximum absolute atomic E-state index is 13.6. The molecule has 1 saturated heterocycles. The van der Waals surface area contributed by atoms with Crippen molar-refractivity contribution in [1.29, 1.82) is 0 Å². The number of rotatable bonds is 6. The first-order chi connectivity index (χ1) is 15.0. The second-order valence-electron chi connectivity index (χ2n) is 7.74. The van der Waals surface area contributed by atoms with Gasteiger partial charge in [-0.15, -0.1) is 0 Å². The van der Waals surface area contributed by atoms with Crippen molar-refractivity contribution in [2.45, 2.75) is 25.5 Å². The smallest absolute Gasteiger partial charge is 0.238 e. The number of nitrogens with one attached hydrogen (secondary N) is 2. The van der Waals surface area contributed by atoms with Crippen molar-refractivity contribution in [3.63, 3.8) is 0 Å². The van der Waals surface area contributed by atoms with E-state index in [-0.39, 0.29) is 25.1 Å². The van der Waals surface area contributed by atoms with Gasteiger partial charge in [-0.3, -0.25) is 14.7 Å². The van der Waals surface area contributed by atoms with E-state index in [1.165, 1.54) is 0 Å². The summed E-state index contributed by atoms with van der Waals surface area (Å²) >= 11 is 0. The minimum Gasteiger partial charge on any atom is -0.392 e. The Morgan fingerprint density at radius 1 is 1.13 bits per heavy atom. The largest absolute Gasteiger partial charge is 0.392 e. The van der Waals surface area contributed by atoms with Gasteiger partial charge in [0.05, 0.1) is 30.6 Å². The van der Waals surface area contributed by atoms with E-state index in [9.17, 15) is 18.7 Å². The zero-order chi connectivity index (χ0) is 21.8. The van der Waals surface area contributed by atoms with Crippen LogP contribution in [-0.2, 0) is 11.4 Å². The molecular formula is C23H24F2N4O2. The molecule has 0 spiro atoms. The number of anilines is 2. The number of halogens is 2. The van der Waals surface area contributed by atoms with Crippen LogP contribution in [0, 0.1) is 11.6 Å². The minimum atomic E-state index is -0.975. The predicted octanol–water partition coefficient (Wildman–Crippen LogP) is 3.52. The zero-order valence-electron chi connectivity index (χ0n) is 16.9. The van der Waals surface area contributed by atoms with Crippen LogP contribution in [0.25, 0.3) is 10.9 Å². The van der Waals surface area contributed by atoms with Crippen LogP contribution in [-0.4, -0.2) is 46.6 Å². The third kappa shape index (κ3) is 5.15. The Morgan fingerprint density at radius 3 is 2.65 bits per heavy atom. The highest BCUT2D eigenvalue weighted by molar-refractivity contribution is 5.94. The number of nitrogens with zero attached hydrogens (tertiary/aromatic N) is 2. The predicted molar refractivity (Wildman–Crippen MR) is 116 cm³/mol. The number of fused-ring (bicyclic) bond motifs is 1. The number of benzene rings is 2. The Balaban J connectivity index is 1.29. The Morgan fingerprint density at radius 2 is 1.87 bits per heavy atom. The summed E-state index contributed by atoms with van der Waals surface area (Å²) in [6.07, 6.45) is 3.14. The molecule has 0 bridgehead atoms. The van der Waals surface area contributed by atoms with Crippen molar-refractivity contribution in [2.75, 3.05) is 30.3 Å². The fraction of sp³-hybridized carbons (Fsp3) is 0.304. The lowest BCUT2D eigenvalue weighted by Gasteiger charge is -2.32. The van der Waals surface area contributed by atoms with E-state index in [2.05, 4.69) is 20.5 Å². The molecule has 1 amide bonds. The summed E-state index contributed by atoms with van der Waals surface area (Å²) in [5.74, 6) is -2.03. The number of aliphatic hydroxyl groups is 1. The van der Waals surface area contributed by atoms with E-state index in [4.69, 9.17) is 0 Å². The molecule has 0 atom stereocenters. The van der Waals surface area contributed by atoms with Crippen LogP contribution in [0.4, 0.5) is 20.2 Å². The molecule has 1 aliphatic rings. The van der Waals surface area contributed by atoms with Crippen molar-refractivity contribution >= 4 is 28.2 Å². The van der Waals surface area contributed by atoms with Crippen molar-refractivity contribution in [3.8, 4) is 0 Å². The van der Waals surface area contributed by atoms with E-state index in [1.807, 2.05) is 30.3 Å². The highest BCUT2D eigenvalue weighted by atomic mass is 19.2. The summed E-state index contributed by atoms with van der Waals surface area (Å²) in [5.41, 5.74) is 2.27. The number of aliphatic hydroxyl groups excluding tert-OH is 1. The van der Waals surface area contributed by atoms with Crippen LogP contribution in [0.15, 0.2) is 48.7 Å². The Hall–Kier alpha value is -3.10. The van der Waals surface area contributed by atoms with Gasteiger partial charge in [0.25, 0.3) is 0 Å². The first-order valence-electron chi connectivity index (χ1n) is 10.2. The second kappa shape index (κ2) is 9.36. The van der Waals surface area contributed by atoms with Crippen molar-refractivity contribution in [3.05, 3.63) is 65.9 Å². The fourth-order valence-electron chi connectivity index (χ4n) is 3.85. The third-order valence-corrected chi connectivity index (χ3v) is 5.51. The van der Waals surface area contributed by atoms with Gasteiger partial charge in [-0.1, -0.05) is 18.2 Å². The molecule has 8 heteroatoms. The molecule has 31 heavy (non-hydrogen) atoms. The Bertz CT molecular complexity index is 1080. The van der Waals surface area contributed by atoms with Gasteiger partial charge in [0.15, 0.2) is 11.6 Å². The average molecular weight is 426 g/mol. The molecule has 3 N–H and O–H groups in total. The molecule has 0 unspecified atom stereocenters. The van der Waals surface area contributed by atoms with Crippen LogP contribution in [0.1, 0.15) is 18.4 Å². The molecule has 3 aromatic rings. The summed E-state index contributed by atoms with van der Waals surface area (Å²) < 4.78 is 26.9. The fourth-order valence-corrected chi connectivity index (χ4v) is 3.85. The summed E-state index contributed by atoms with van der Waals surface area (Å²) in [7, 11) is 0. The number of pyridine rings is 1. The SMILES string of the molecule is O=C(CN1CCC(Nc2cc(F)c(F)cc2CO)CC1)Nc1cnc2ccccc2c1. The maximum atomic E-state index is 13.6. The van der Waals surface area contributed by atoms with Crippen LogP contribution in [0.3, 0.4) is 0 Å². The number of carbonyl (C=O) groups is 1. The Kier molecular flexibility index (Phi) is 6.39. The van der Waals surface area contributed by atoms with E-state index < -0.39 is 11.6 Å². The number of piperidine rings is 1. The minimum absolute atomic E-state index is 0.0548. The first kappa shape index (κ1) is 21.1. The van der Waals surface area contributed by atoms with Gasteiger partial charge in [-0.25, -0.2) is 8.78 Å². The number of carbonyl (C=O) groups excluding carboxylic acids is 1. The monoisotopic (exact) mass is 426 g/mol. The molecule has 1 aliphatic heterocycles. The molecule has 2 heterocycles.